The summed E-state index contributed by atoms with van der Waals surface area (Å²) in [5.41, 5.74) is 0. The molecule has 1 atom stereocenters. The van der Waals surface area contributed by atoms with Gasteiger partial charge in [-0.05, 0) is 13.8 Å². The number of rotatable bonds is 1. The van der Waals surface area contributed by atoms with Gasteiger partial charge in [0, 0.05) is 0 Å². The predicted molar refractivity (Wildman–Crippen MR) is 33.7 cm³/mol. The minimum Gasteiger partial charge on any atom is -1.00 e. The Labute approximate surface area is 66.0 Å². The van der Waals surface area contributed by atoms with Crippen LogP contribution in [0.25, 0.3) is 0 Å². The average molecular weight is 191 g/mol. The van der Waals surface area contributed by atoms with Crippen molar-refractivity contribution in [3.8, 4) is 0 Å². The molecule has 1 unspecified atom stereocenters. The topological polar surface area (TPSA) is 16.8 Å². The molecule has 0 aromatic rings. The summed E-state index contributed by atoms with van der Waals surface area (Å²) in [7, 11) is 0. The number of hydrogen-bond donors (Lipinski definition) is 1. The first kappa shape index (κ1) is 8.85. The Kier molecular flexibility index (Phi) is 3.73. The van der Waals surface area contributed by atoms with Crippen LogP contribution >= 0.6 is 0 Å². The highest BCUT2D eigenvalue weighted by Crippen LogP contribution is 1.74. The van der Waals surface area contributed by atoms with Crippen molar-refractivity contribution in [2.75, 3.05) is 0 Å². The monoisotopic (exact) mass is 190 g/mol. The standard InChI is InChI=1S/C6H10N2.BrH/c1-6(2)8-4-3-7-5-8;/h3-6H,1-2H3;1H. The second kappa shape index (κ2) is 3.80. The van der Waals surface area contributed by atoms with E-state index in [4.69, 9.17) is 0 Å². The van der Waals surface area contributed by atoms with Crippen molar-refractivity contribution in [1.29, 1.82) is 0 Å². The number of aliphatic imine (C=N–C) groups is 1. The first-order valence-corrected chi connectivity index (χ1v) is 2.87. The first-order valence-electron chi connectivity index (χ1n) is 2.87. The minimum absolute atomic E-state index is 0. The van der Waals surface area contributed by atoms with Crippen molar-refractivity contribution in [2.45, 2.75) is 19.9 Å². The SMILES string of the molecule is CC(C)[NH+]1C=CN=C1.[Br-]. The quantitative estimate of drug-likeness (QED) is 0.449. The number of halogens is 1. The van der Waals surface area contributed by atoms with Crippen LogP contribution in [0.15, 0.2) is 17.4 Å². The summed E-state index contributed by atoms with van der Waals surface area (Å²) < 4.78 is 0. The molecule has 9 heavy (non-hydrogen) atoms. The molecule has 3 heteroatoms. The van der Waals surface area contributed by atoms with Crippen LogP contribution in [0.4, 0.5) is 0 Å². The number of nitrogens with one attached hydrogen (secondary N) is 1. The Bertz CT molecular complexity index is 117. The van der Waals surface area contributed by atoms with E-state index < -0.39 is 0 Å². The van der Waals surface area contributed by atoms with Crippen LogP contribution in [-0.2, 0) is 0 Å². The van der Waals surface area contributed by atoms with Gasteiger partial charge in [0.15, 0.2) is 6.34 Å². The molecule has 0 saturated carbocycles. The molecule has 0 aliphatic carbocycles. The normalized spacial score (nSPS) is 22.8. The molecule has 1 aliphatic heterocycles. The number of hydrogen-bond acceptors (Lipinski definition) is 1. The van der Waals surface area contributed by atoms with E-state index in [0.717, 1.165) is 0 Å². The van der Waals surface area contributed by atoms with Crippen molar-refractivity contribution in [3.63, 3.8) is 0 Å². The van der Waals surface area contributed by atoms with E-state index in [9.17, 15) is 0 Å². The lowest BCUT2D eigenvalue weighted by atomic mass is 10.4. The molecule has 0 fully saturated rings. The molecule has 1 rings (SSSR count). The molecule has 0 amide bonds. The summed E-state index contributed by atoms with van der Waals surface area (Å²) in [4.78, 5) is 5.27. The molecule has 52 valence electrons. The number of nitrogens with zero attached hydrogens (tertiary/aromatic N) is 1. The fraction of sp³-hybridized carbons (Fsp3) is 0.500. The summed E-state index contributed by atoms with van der Waals surface area (Å²) in [5, 5.41) is 0. The second-order valence-corrected chi connectivity index (χ2v) is 2.25. The highest BCUT2D eigenvalue weighted by atomic mass is 79.9. The van der Waals surface area contributed by atoms with Gasteiger partial charge >= 0.3 is 0 Å². The van der Waals surface area contributed by atoms with Gasteiger partial charge in [0.1, 0.15) is 6.20 Å². The van der Waals surface area contributed by atoms with Gasteiger partial charge in [-0.1, -0.05) is 0 Å². The summed E-state index contributed by atoms with van der Waals surface area (Å²) in [6, 6.07) is 0.623. The maximum Gasteiger partial charge on any atom is 0.193 e. The highest BCUT2D eigenvalue weighted by Gasteiger charge is 2.08. The van der Waals surface area contributed by atoms with Crippen molar-refractivity contribution >= 4 is 6.34 Å². The minimum atomic E-state index is 0. The highest BCUT2D eigenvalue weighted by molar-refractivity contribution is 5.47. The van der Waals surface area contributed by atoms with Crippen LogP contribution in [0, 0.1) is 0 Å². The zero-order chi connectivity index (χ0) is 5.98. The van der Waals surface area contributed by atoms with Crippen LogP contribution in [0.5, 0.6) is 0 Å². The lowest BCUT2D eigenvalue weighted by Gasteiger charge is -2.07. The largest absolute Gasteiger partial charge is 1.00 e. The zero-order valence-corrected chi connectivity index (χ0v) is 7.22. The molecule has 0 saturated heterocycles. The van der Waals surface area contributed by atoms with Crippen molar-refractivity contribution < 1.29 is 21.9 Å². The van der Waals surface area contributed by atoms with Crippen molar-refractivity contribution in [2.24, 2.45) is 4.99 Å². The van der Waals surface area contributed by atoms with Gasteiger partial charge in [0.25, 0.3) is 0 Å². The predicted octanol–water partition coefficient (Wildman–Crippen LogP) is -3.20. The molecule has 2 nitrogen and oxygen atoms in total. The average Bonchev–Trinajstić information content (AvgIpc) is 2.12. The zero-order valence-electron chi connectivity index (χ0n) is 5.63. The van der Waals surface area contributed by atoms with Crippen molar-refractivity contribution in [1.82, 2.24) is 0 Å². The van der Waals surface area contributed by atoms with Gasteiger partial charge in [0.05, 0.1) is 12.2 Å². The van der Waals surface area contributed by atoms with E-state index in [2.05, 4.69) is 18.8 Å². The Hall–Kier alpha value is -0.150. The lowest BCUT2D eigenvalue weighted by molar-refractivity contribution is -0.763. The van der Waals surface area contributed by atoms with Gasteiger partial charge in [-0.3, -0.25) is 4.90 Å². The van der Waals surface area contributed by atoms with Crippen LogP contribution < -0.4 is 21.9 Å². The molecular weight excluding hydrogens is 180 g/mol. The molecule has 0 spiro atoms. The summed E-state index contributed by atoms with van der Waals surface area (Å²) >= 11 is 0. The molecule has 1 aliphatic rings. The van der Waals surface area contributed by atoms with Gasteiger partial charge < -0.3 is 17.0 Å². The Morgan fingerprint density at radius 2 is 2.11 bits per heavy atom. The van der Waals surface area contributed by atoms with Gasteiger partial charge in [-0.25, -0.2) is 4.99 Å². The molecule has 1 N–H and O–H groups in total. The molecule has 1 heterocycles. The van der Waals surface area contributed by atoms with E-state index in [1.165, 1.54) is 4.90 Å². The van der Waals surface area contributed by atoms with E-state index in [1.807, 2.05) is 18.7 Å². The van der Waals surface area contributed by atoms with E-state index >= 15 is 0 Å². The molecule has 0 radical (unpaired) electrons. The summed E-state index contributed by atoms with van der Waals surface area (Å²) in [6.45, 7) is 4.33. The van der Waals surface area contributed by atoms with Crippen molar-refractivity contribution in [3.05, 3.63) is 12.4 Å². The lowest BCUT2D eigenvalue weighted by Crippen LogP contribution is -3.08. The first-order chi connectivity index (χ1) is 3.80. The molecular formula is C6H11BrN2. The second-order valence-electron chi connectivity index (χ2n) is 2.25. The van der Waals surface area contributed by atoms with Crippen LogP contribution in [-0.4, -0.2) is 12.4 Å². The van der Waals surface area contributed by atoms with E-state index in [0.29, 0.717) is 6.04 Å². The summed E-state index contributed by atoms with van der Waals surface area (Å²) in [6.07, 6.45) is 5.78. The third-order valence-corrected chi connectivity index (χ3v) is 1.24. The third kappa shape index (κ3) is 2.28. The molecule has 0 aromatic heterocycles. The maximum atomic E-state index is 3.94. The van der Waals surface area contributed by atoms with E-state index in [1.54, 1.807) is 0 Å². The van der Waals surface area contributed by atoms with Gasteiger partial charge in [0.2, 0.25) is 0 Å². The van der Waals surface area contributed by atoms with Crippen LogP contribution in [0.2, 0.25) is 0 Å². The smallest absolute Gasteiger partial charge is 0.193 e. The fourth-order valence-electron chi connectivity index (χ4n) is 0.643. The Balaban J connectivity index is 0.000000640. The third-order valence-electron chi connectivity index (χ3n) is 1.24. The van der Waals surface area contributed by atoms with Crippen LogP contribution in [0.3, 0.4) is 0 Å². The Morgan fingerprint density at radius 3 is 2.33 bits per heavy atom. The fourth-order valence-corrected chi connectivity index (χ4v) is 0.643. The molecule has 0 bridgehead atoms. The Morgan fingerprint density at radius 1 is 1.44 bits per heavy atom. The maximum absolute atomic E-state index is 3.94. The number of quaternary nitrogens is 1. The molecule has 0 aromatic carbocycles. The van der Waals surface area contributed by atoms with Gasteiger partial charge in [-0.2, -0.15) is 0 Å². The van der Waals surface area contributed by atoms with Gasteiger partial charge in [-0.15, -0.1) is 0 Å². The van der Waals surface area contributed by atoms with Crippen LogP contribution in [0.1, 0.15) is 13.8 Å². The van der Waals surface area contributed by atoms with E-state index in [-0.39, 0.29) is 17.0 Å². The summed E-state index contributed by atoms with van der Waals surface area (Å²) in [5.74, 6) is 0.